The first-order valence-corrected chi connectivity index (χ1v) is 5.18. The molecule has 1 N–H and O–H groups in total. The van der Waals surface area contributed by atoms with Crippen molar-refractivity contribution in [1.82, 2.24) is 10.2 Å². The third-order valence-corrected chi connectivity index (χ3v) is 2.76. The van der Waals surface area contributed by atoms with E-state index in [9.17, 15) is 4.79 Å². The second-order valence-corrected chi connectivity index (χ2v) is 5.12. The van der Waals surface area contributed by atoms with Crippen LogP contribution in [0.2, 0.25) is 0 Å². The average molecular weight is 198 g/mol. The van der Waals surface area contributed by atoms with Crippen LogP contribution in [0.4, 0.5) is 4.79 Å². The smallest absolute Gasteiger partial charge is 0.410 e. The van der Waals surface area contributed by atoms with Gasteiger partial charge in [-0.1, -0.05) is 0 Å². The molecule has 4 heteroatoms. The lowest BCUT2D eigenvalue weighted by Crippen LogP contribution is -2.59. The first-order chi connectivity index (χ1) is 6.47. The van der Waals surface area contributed by atoms with Crippen LogP contribution in [0, 0.1) is 5.92 Å². The number of nitrogens with one attached hydrogen (secondary N) is 1. The molecule has 4 nitrogen and oxygen atoms in total. The van der Waals surface area contributed by atoms with Gasteiger partial charge in [-0.2, -0.15) is 0 Å². The summed E-state index contributed by atoms with van der Waals surface area (Å²) in [4.78, 5) is 13.5. The summed E-state index contributed by atoms with van der Waals surface area (Å²) in [5.41, 5.74) is -0.381. The second kappa shape index (κ2) is 3.12. The predicted octanol–water partition coefficient (Wildman–Crippen LogP) is 0.825. The van der Waals surface area contributed by atoms with Gasteiger partial charge in [-0.15, -0.1) is 0 Å². The van der Waals surface area contributed by atoms with E-state index in [0.717, 1.165) is 19.6 Å². The van der Waals surface area contributed by atoms with E-state index in [2.05, 4.69) is 5.32 Å². The van der Waals surface area contributed by atoms with Crippen molar-refractivity contribution in [3.05, 3.63) is 0 Å². The highest BCUT2D eigenvalue weighted by Crippen LogP contribution is 2.29. The molecule has 80 valence electrons. The van der Waals surface area contributed by atoms with Gasteiger partial charge in [0.1, 0.15) is 5.60 Å². The van der Waals surface area contributed by atoms with Crippen LogP contribution in [-0.2, 0) is 4.74 Å². The number of carbonyl (C=O) groups is 1. The summed E-state index contributed by atoms with van der Waals surface area (Å²) in [6.45, 7) is 8.51. The summed E-state index contributed by atoms with van der Waals surface area (Å²) >= 11 is 0. The van der Waals surface area contributed by atoms with Crippen molar-refractivity contribution < 1.29 is 9.53 Å². The number of carbonyl (C=O) groups excluding carboxylic acids is 1. The summed E-state index contributed by atoms with van der Waals surface area (Å²) in [6.07, 6.45) is -0.164. The summed E-state index contributed by atoms with van der Waals surface area (Å²) in [6, 6.07) is 0.379. The Morgan fingerprint density at radius 2 is 2.14 bits per heavy atom. The van der Waals surface area contributed by atoms with Crippen LogP contribution in [0.25, 0.3) is 0 Å². The molecule has 1 unspecified atom stereocenters. The highest BCUT2D eigenvalue weighted by molar-refractivity contribution is 5.70. The normalized spacial score (nSPS) is 30.9. The van der Waals surface area contributed by atoms with Gasteiger partial charge in [0.2, 0.25) is 0 Å². The van der Waals surface area contributed by atoms with Crippen LogP contribution in [0.5, 0.6) is 0 Å². The van der Waals surface area contributed by atoms with E-state index < -0.39 is 0 Å². The first-order valence-electron chi connectivity index (χ1n) is 5.18. The molecule has 2 aliphatic rings. The lowest BCUT2D eigenvalue weighted by Gasteiger charge is -2.43. The van der Waals surface area contributed by atoms with Gasteiger partial charge in [0, 0.05) is 25.6 Å². The molecule has 0 bridgehead atoms. The molecule has 14 heavy (non-hydrogen) atoms. The van der Waals surface area contributed by atoms with E-state index in [1.165, 1.54) is 0 Å². The highest BCUT2D eigenvalue weighted by atomic mass is 16.6. The second-order valence-electron chi connectivity index (χ2n) is 5.12. The Balaban J connectivity index is 1.88. The fourth-order valence-corrected chi connectivity index (χ4v) is 2.05. The quantitative estimate of drug-likeness (QED) is 0.626. The topological polar surface area (TPSA) is 41.6 Å². The first kappa shape index (κ1) is 9.77. The standard InChI is InChI=1S/C10H18N2O2/c1-10(2,3)14-9(13)12-6-7-4-11-5-8(7)12/h7-8,11H,4-6H2,1-3H3/t7?,8-/m1/s1. The largest absolute Gasteiger partial charge is 0.444 e. The number of fused-ring (bicyclic) bond motifs is 1. The monoisotopic (exact) mass is 198 g/mol. The molecule has 0 aromatic heterocycles. The number of ether oxygens (including phenoxy) is 1. The molecule has 0 saturated carbocycles. The molecule has 0 aliphatic carbocycles. The zero-order valence-electron chi connectivity index (χ0n) is 9.04. The Hall–Kier alpha value is -0.770. The Morgan fingerprint density at radius 3 is 2.71 bits per heavy atom. The van der Waals surface area contributed by atoms with Crippen LogP contribution in [0.1, 0.15) is 20.8 Å². The number of rotatable bonds is 0. The number of nitrogens with zero attached hydrogens (tertiary/aromatic N) is 1. The van der Waals surface area contributed by atoms with E-state index >= 15 is 0 Å². The molecule has 0 radical (unpaired) electrons. The van der Waals surface area contributed by atoms with Gasteiger partial charge in [-0.25, -0.2) is 4.79 Å². The molecular weight excluding hydrogens is 180 g/mol. The Labute approximate surface area is 84.6 Å². The fraction of sp³-hybridized carbons (Fsp3) is 0.900. The number of hydrogen-bond donors (Lipinski definition) is 1. The van der Waals surface area contributed by atoms with Crippen molar-refractivity contribution in [1.29, 1.82) is 0 Å². The number of amides is 1. The molecule has 0 aromatic carbocycles. The molecule has 2 rings (SSSR count). The summed E-state index contributed by atoms with van der Waals surface area (Å²) in [5, 5.41) is 3.28. The molecule has 2 saturated heterocycles. The van der Waals surface area contributed by atoms with E-state index in [0.29, 0.717) is 12.0 Å². The van der Waals surface area contributed by atoms with Crippen LogP contribution in [0.3, 0.4) is 0 Å². The fourth-order valence-electron chi connectivity index (χ4n) is 2.05. The van der Waals surface area contributed by atoms with Crippen molar-refractivity contribution in [3.8, 4) is 0 Å². The molecule has 1 amide bonds. The van der Waals surface area contributed by atoms with Crippen LogP contribution in [0.15, 0.2) is 0 Å². The minimum Gasteiger partial charge on any atom is -0.444 e. The van der Waals surface area contributed by atoms with Gasteiger partial charge in [0.25, 0.3) is 0 Å². The predicted molar refractivity (Wildman–Crippen MR) is 53.1 cm³/mol. The van der Waals surface area contributed by atoms with Crippen molar-refractivity contribution in [2.24, 2.45) is 5.92 Å². The maximum atomic E-state index is 11.7. The Morgan fingerprint density at radius 1 is 1.43 bits per heavy atom. The third-order valence-electron chi connectivity index (χ3n) is 2.76. The van der Waals surface area contributed by atoms with Crippen molar-refractivity contribution in [3.63, 3.8) is 0 Å². The van der Waals surface area contributed by atoms with Gasteiger partial charge < -0.3 is 15.0 Å². The summed E-state index contributed by atoms with van der Waals surface area (Å²) in [7, 11) is 0. The molecule has 2 heterocycles. The molecule has 0 spiro atoms. The van der Waals surface area contributed by atoms with E-state index in [1.54, 1.807) is 0 Å². The zero-order valence-corrected chi connectivity index (χ0v) is 9.04. The third kappa shape index (κ3) is 1.71. The molecule has 2 atom stereocenters. The lowest BCUT2D eigenvalue weighted by atomic mass is 9.93. The Bertz CT molecular complexity index is 247. The van der Waals surface area contributed by atoms with Gasteiger partial charge in [-0.05, 0) is 20.8 Å². The molecule has 0 aromatic rings. The summed E-state index contributed by atoms with van der Waals surface area (Å²) < 4.78 is 5.31. The van der Waals surface area contributed by atoms with Gasteiger partial charge in [0.15, 0.2) is 0 Å². The van der Waals surface area contributed by atoms with E-state index in [1.807, 2.05) is 25.7 Å². The van der Waals surface area contributed by atoms with E-state index in [4.69, 9.17) is 4.74 Å². The number of hydrogen-bond acceptors (Lipinski definition) is 3. The molecule has 2 aliphatic heterocycles. The van der Waals surface area contributed by atoms with E-state index in [-0.39, 0.29) is 11.7 Å². The minimum atomic E-state index is -0.381. The maximum absolute atomic E-state index is 11.7. The van der Waals surface area contributed by atoms with Crippen LogP contribution >= 0.6 is 0 Å². The van der Waals surface area contributed by atoms with Gasteiger partial charge in [-0.3, -0.25) is 0 Å². The Kier molecular flexibility index (Phi) is 2.18. The van der Waals surface area contributed by atoms with Gasteiger partial charge >= 0.3 is 6.09 Å². The van der Waals surface area contributed by atoms with Crippen molar-refractivity contribution >= 4 is 6.09 Å². The zero-order chi connectivity index (χ0) is 10.3. The molecule has 2 fully saturated rings. The van der Waals surface area contributed by atoms with Gasteiger partial charge in [0.05, 0.1) is 6.04 Å². The van der Waals surface area contributed by atoms with Crippen LogP contribution < -0.4 is 5.32 Å². The highest BCUT2D eigenvalue weighted by Gasteiger charge is 2.46. The summed E-state index contributed by atoms with van der Waals surface area (Å²) in [5.74, 6) is 0.655. The maximum Gasteiger partial charge on any atom is 0.410 e. The number of likely N-dealkylation sites (tertiary alicyclic amines) is 1. The average Bonchev–Trinajstić information content (AvgIpc) is 2.28. The van der Waals surface area contributed by atoms with Crippen LogP contribution in [-0.4, -0.2) is 42.3 Å². The van der Waals surface area contributed by atoms with Crippen molar-refractivity contribution in [2.75, 3.05) is 19.6 Å². The van der Waals surface area contributed by atoms with Crippen molar-refractivity contribution in [2.45, 2.75) is 32.4 Å². The lowest BCUT2D eigenvalue weighted by molar-refractivity contribution is -0.0163. The SMILES string of the molecule is CC(C)(C)OC(=O)N1CC2CNC[C@H]21. The molecular formula is C10H18N2O2. The minimum absolute atomic E-state index is 0.164.